The number of primary sulfonamides is 1. The summed E-state index contributed by atoms with van der Waals surface area (Å²) in [5, 5.41) is 9.07. The second-order valence-electron chi connectivity index (χ2n) is 5.89. The molecule has 2 aromatic carbocycles. The monoisotopic (exact) mass is 425 g/mol. The van der Waals surface area contributed by atoms with Crippen LogP contribution in [0.5, 0.6) is 0 Å². The minimum atomic E-state index is -3.64. The first-order valence-electron chi connectivity index (χ1n) is 8.09. The fourth-order valence-corrected chi connectivity index (χ4v) is 3.27. The molecule has 0 saturated heterocycles. The van der Waals surface area contributed by atoms with Crippen LogP contribution in [0.1, 0.15) is 11.3 Å². The normalized spacial score (nSPS) is 11.2. The summed E-state index contributed by atoms with van der Waals surface area (Å²) in [7, 11) is -3.64. The van der Waals surface area contributed by atoms with Gasteiger partial charge in [0.05, 0.1) is 11.4 Å². The van der Waals surface area contributed by atoms with Crippen molar-refractivity contribution in [1.82, 2.24) is 5.32 Å². The van der Waals surface area contributed by atoms with Gasteiger partial charge in [-0.15, -0.1) is 0 Å². The molecule has 144 valence electrons. The SMILES string of the molecule is NS(=O)(=O)c1ccc(CCNCc2ccc(-c3cccc(Cl)c3)o2)cc1.[Cl-]. The van der Waals surface area contributed by atoms with Gasteiger partial charge in [0, 0.05) is 10.6 Å². The number of benzene rings is 2. The first-order chi connectivity index (χ1) is 12.4. The first kappa shape index (κ1) is 21.5. The fourth-order valence-electron chi connectivity index (χ4n) is 2.56. The fraction of sp³-hybridized carbons (Fsp3) is 0.158. The van der Waals surface area contributed by atoms with Gasteiger partial charge in [0.1, 0.15) is 11.5 Å². The maximum atomic E-state index is 11.2. The maximum absolute atomic E-state index is 11.2. The second kappa shape index (κ2) is 9.39. The van der Waals surface area contributed by atoms with Gasteiger partial charge in [0.15, 0.2) is 0 Å². The molecular formula is C19H19Cl2N2O3S-. The molecule has 0 aliphatic rings. The van der Waals surface area contributed by atoms with E-state index < -0.39 is 10.0 Å². The lowest BCUT2D eigenvalue weighted by Gasteiger charge is -2.05. The molecule has 0 saturated carbocycles. The lowest BCUT2D eigenvalue weighted by atomic mass is 10.1. The lowest BCUT2D eigenvalue weighted by molar-refractivity contribution is -0.00000834. The van der Waals surface area contributed by atoms with E-state index in [1.165, 1.54) is 12.1 Å². The van der Waals surface area contributed by atoms with Crippen molar-refractivity contribution in [2.45, 2.75) is 17.9 Å². The van der Waals surface area contributed by atoms with Crippen molar-refractivity contribution in [2.24, 2.45) is 5.14 Å². The number of rotatable bonds is 7. The predicted octanol–water partition coefficient (Wildman–Crippen LogP) is 0.584. The standard InChI is InChI=1S/C19H19ClN2O3S.ClH/c20-16-3-1-2-15(12-16)19-9-6-17(25-19)13-22-11-10-14-4-7-18(8-5-14)26(21,23)24;/h1-9,12,22H,10-11,13H2,(H2,21,23,24);1H/p-1. The second-order valence-corrected chi connectivity index (χ2v) is 7.89. The molecule has 3 aromatic rings. The molecule has 0 radical (unpaired) electrons. The molecule has 0 amide bonds. The van der Waals surface area contributed by atoms with E-state index in [0.717, 1.165) is 35.6 Å². The average molecular weight is 426 g/mol. The Kier molecular flexibility index (Phi) is 7.47. The molecule has 0 bridgehead atoms. The molecule has 0 aliphatic heterocycles. The Hall–Kier alpha value is -1.83. The molecule has 0 spiro atoms. The van der Waals surface area contributed by atoms with Crippen LogP contribution in [-0.2, 0) is 23.0 Å². The topological polar surface area (TPSA) is 85.3 Å². The Labute approximate surface area is 170 Å². The number of hydrogen-bond donors (Lipinski definition) is 2. The Morgan fingerprint density at radius 3 is 2.44 bits per heavy atom. The average Bonchev–Trinajstić information content (AvgIpc) is 3.07. The van der Waals surface area contributed by atoms with Gasteiger partial charge < -0.3 is 22.1 Å². The smallest absolute Gasteiger partial charge is 0.238 e. The van der Waals surface area contributed by atoms with Crippen LogP contribution in [0.4, 0.5) is 0 Å². The van der Waals surface area contributed by atoms with Crippen molar-refractivity contribution in [3.8, 4) is 11.3 Å². The van der Waals surface area contributed by atoms with E-state index in [-0.39, 0.29) is 17.3 Å². The third kappa shape index (κ3) is 6.09. The molecule has 1 aromatic heterocycles. The molecule has 0 unspecified atom stereocenters. The number of nitrogens with two attached hydrogens (primary N) is 1. The van der Waals surface area contributed by atoms with Crippen molar-refractivity contribution in [3.05, 3.63) is 77.0 Å². The maximum Gasteiger partial charge on any atom is 0.238 e. The summed E-state index contributed by atoms with van der Waals surface area (Å²) in [5.41, 5.74) is 1.97. The molecule has 0 fully saturated rings. The van der Waals surface area contributed by atoms with Crippen molar-refractivity contribution in [2.75, 3.05) is 6.54 Å². The van der Waals surface area contributed by atoms with Gasteiger partial charge in [-0.25, -0.2) is 13.6 Å². The molecule has 27 heavy (non-hydrogen) atoms. The summed E-state index contributed by atoms with van der Waals surface area (Å²) < 4.78 is 28.3. The van der Waals surface area contributed by atoms with Gasteiger partial charge in [-0.2, -0.15) is 0 Å². The van der Waals surface area contributed by atoms with Crippen LogP contribution in [0.2, 0.25) is 5.02 Å². The summed E-state index contributed by atoms with van der Waals surface area (Å²) in [4.78, 5) is 0.123. The van der Waals surface area contributed by atoms with Crippen molar-refractivity contribution in [3.63, 3.8) is 0 Å². The van der Waals surface area contributed by atoms with E-state index in [4.69, 9.17) is 21.2 Å². The molecule has 3 rings (SSSR count). The van der Waals surface area contributed by atoms with Crippen LogP contribution in [0.25, 0.3) is 11.3 Å². The molecule has 3 N–H and O–H groups in total. The van der Waals surface area contributed by atoms with Gasteiger partial charge in [-0.3, -0.25) is 0 Å². The van der Waals surface area contributed by atoms with Crippen molar-refractivity contribution in [1.29, 1.82) is 0 Å². The van der Waals surface area contributed by atoms with Gasteiger partial charge in [0.25, 0.3) is 0 Å². The number of sulfonamides is 1. The van der Waals surface area contributed by atoms with E-state index in [1.54, 1.807) is 12.1 Å². The predicted molar refractivity (Wildman–Crippen MR) is 102 cm³/mol. The number of nitrogens with one attached hydrogen (secondary N) is 1. The summed E-state index contributed by atoms with van der Waals surface area (Å²) in [6.45, 7) is 1.34. The molecular weight excluding hydrogens is 407 g/mol. The van der Waals surface area contributed by atoms with E-state index in [9.17, 15) is 8.42 Å². The van der Waals surface area contributed by atoms with Crippen LogP contribution in [0.3, 0.4) is 0 Å². The third-order valence-electron chi connectivity index (χ3n) is 3.91. The van der Waals surface area contributed by atoms with Crippen LogP contribution in [0, 0.1) is 0 Å². The minimum Gasteiger partial charge on any atom is -1.00 e. The Balaban J connectivity index is 0.00000261. The van der Waals surface area contributed by atoms with Crippen LogP contribution in [0.15, 0.2) is 70.0 Å². The van der Waals surface area contributed by atoms with E-state index >= 15 is 0 Å². The van der Waals surface area contributed by atoms with Crippen LogP contribution < -0.4 is 22.9 Å². The summed E-state index contributed by atoms with van der Waals surface area (Å²) >= 11 is 6.00. The van der Waals surface area contributed by atoms with Gasteiger partial charge in [-0.05, 0) is 54.9 Å². The zero-order valence-corrected chi connectivity index (χ0v) is 16.7. The highest BCUT2D eigenvalue weighted by Crippen LogP contribution is 2.24. The molecule has 5 nitrogen and oxygen atoms in total. The molecule has 0 atom stereocenters. The Morgan fingerprint density at radius 2 is 1.78 bits per heavy atom. The largest absolute Gasteiger partial charge is 1.00 e. The first-order valence-corrected chi connectivity index (χ1v) is 10.0. The summed E-state index contributed by atoms with van der Waals surface area (Å²) in [6.07, 6.45) is 0.771. The van der Waals surface area contributed by atoms with Gasteiger partial charge in [-0.1, -0.05) is 35.9 Å². The minimum absolute atomic E-state index is 0. The highest BCUT2D eigenvalue weighted by molar-refractivity contribution is 7.89. The van der Waals surface area contributed by atoms with E-state index in [1.807, 2.05) is 36.4 Å². The summed E-state index contributed by atoms with van der Waals surface area (Å²) in [6, 6.07) is 18.0. The Bertz CT molecular complexity index is 986. The van der Waals surface area contributed by atoms with Crippen molar-refractivity contribution >= 4 is 21.6 Å². The Morgan fingerprint density at radius 1 is 1.04 bits per heavy atom. The van der Waals surface area contributed by atoms with E-state index in [0.29, 0.717) is 11.6 Å². The van der Waals surface area contributed by atoms with Crippen LogP contribution in [-0.4, -0.2) is 15.0 Å². The third-order valence-corrected chi connectivity index (χ3v) is 5.08. The van der Waals surface area contributed by atoms with Crippen LogP contribution >= 0.6 is 11.6 Å². The van der Waals surface area contributed by atoms with E-state index in [2.05, 4.69) is 5.32 Å². The highest BCUT2D eigenvalue weighted by atomic mass is 35.5. The summed E-state index contributed by atoms with van der Waals surface area (Å²) in [5.74, 6) is 1.62. The number of furan rings is 1. The number of hydrogen-bond acceptors (Lipinski definition) is 4. The van der Waals surface area contributed by atoms with Gasteiger partial charge >= 0.3 is 0 Å². The quantitative estimate of drug-likeness (QED) is 0.542. The van der Waals surface area contributed by atoms with Gasteiger partial charge in [0.2, 0.25) is 10.0 Å². The molecule has 0 aliphatic carbocycles. The van der Waals surface area contributed by atoms with Crippen molar-refractivity contribution < 1.29 is 25.2 Å². The highest BCUT2D eigenvalue weighted by Gasteiger charge is 2.07. The molecule has 1 heterocycles. The zero-order chi connectivity index (χ0) is 18.6. The number of halogens is 2. The molecule has 8 heteroatoms. The lowest BCUT2D eigenvalue weighted by Crippen LogP contribution is -3.00. The zero-order valence-electron chi connectivity index (χ0n) is 14.4.